The third-order valence-electron chi connectivity index (χ3n) is 5.39. The van der Waals surface area contributed by atoms with Gasteiger partial charge in [-0.1, -0.05) is 6.07 Å². The van der Waals surface area contributed by atoms with E-state index in [1.165, 1.54) is 16.1 Å². The number of carbonyl (C=O) groups excluding carboxylic acids is 1. The maximum absolute atomic E-state index is 12.9. The summed E-state index contributed by atoms with van der Waals surface area (Å²) < 4.78 is 2.05. The van der Waals surface area contributed by atoms with Crippen LogP contribution in [0.1, 0.15) is 52.8 Å². The Bertz CT molecular complexity index is 731. The maximum atomic E-state index is 12.9. The molecule has 2 aliphatic rings. The molecule has 1 saturated heterocycles. The number of aryl methyl sites for hydroxylation is 1. The Balaban J connectivity index is 1.52. The second-order valence-electron chi connectivity index (χ2n) is 6.99. The molecule has 1 atom stereocenters. The van der Waals surface area contributed by atoms with Crippen LogP contribution in [-0.2, 0) is 25.9 Å². The van der Waals surface area contributed by atoms with Crippen molar-refractivity contribution in [3.8, 4) is 0 Å². The topological polar surface area (TPSA) is 50.2 Å². The second kappa shape index (κ2) is 7.30. The van der Waals surface area contributed by atoms with Crippen molar-refractivity contribution in [1.29, 1.82) is 0 Å². The van der Waals surface area contributed by atoms with E-state index in [0.717, 1.165) is 58.3 Å². The van der Waals surface area contributed by atoms with Crippen molar-refractivity contribution in [2.75, 3.05) is 13.1 Å². The van der Waals surface area contributed by atoms with Crippen LogP contribution in [0.4, 0.5) is 0 Å². The molecule has 0 unspecified atom stereocenters. The number of amides is 1. The van der Waals surface area contributed by atoms with Gasteiger partial charge in [0.15, 0.2) is 5.69 Å². The Morgan fingerprint density at radius 1 is 1.40 bits per heavy atom. The zero-order valence-electron chi connectivity index (χ0n) is 14.8. The van der Waals surface area contributed by atoms with Crippen molar-refractivity contribution >= 4 is 17.2 Å². The molecule has 0 radical (unpaired) electrons. The van der Waals surface area contributed by atoms with E-state index in [4.69, 9.17) is 5.10 Å². The zero-order valence-corrected chi connectivity index (χ0v) is 15.6. The summed E-state index contributed by atoms with van der Waals surface area (Å²) in [5.74, 6) is 0.139. The number of hydrogen-bond acceptors (Lipinski definition) is 4. The van der Waals surface area contributed by atoms with Gasteiger partial charge in [0, 0.05) is 48.4 Å². The molecule has 25 heavy (non-hydrogen) atoms. The minimum Gasteiger partial charge on any atom is -0.337 e. The summed E-state index contributed by atoms with van der Waals surface area (Å²) >= 11 is 1.79. The first-order chi connectivity index (χ1) is 12.3. The van der Waals surface area contributed by atoms with Crippen LogP contribution in [0.5, 0.6) is 0 Å². The molecule has 1 aliphatic carbocycles. The summed E-state index contributed by atoms with van der Waals surface area (Å²) in [6.07, 6.45) is 5.27. The van der Waals surface area contributed by atoms with Crippen molar-refractivity contribution < 1.29 is 4.79 Å². The molecule has 1 amide bonds. The summed E-state index contributed by atoms with van der Waals surface area (Å²) in [5, 5.41) is 10.5. The average molecular weight is 359 g/mol. The smallest absolute Gasteiger partial charge is 0.274 e. The lowest BCUT2D eigenvalue weighted by molar-refractivity contribution is 0.0785. The van der Waals surface area contributed by atoms with E-state index < -0.39 is 0 Å². The number of nitrogens with zero attached hydrogens (tertiary/aromatic N) is 3. The van der Waals surface area contributed by atoms with Gasteiger partial charge in [-0.25, -0.2) is 0 Å². The number of nitrogens with one attached hydrogen (secondary N) is 1. The fraction of sp³-hybridized carbons (Fsp3) is 0.579. The van der Waals surface area contributed by atoms with Gasteiger partial charge in [-0.3, -0.25) is 9.48 Å². The molecular weight excluding hydrogens is 332 g/mol. The van der Waals surface area contributed by atoms with Gasteiger partial charge in [0.05, 0.1) is 0 Å². The van der Waals surface area contributed by atoms with Gasteiger partial charge in [-0.2, -0.15) is 5.10 Å². The molecule has 5 nitrogen and oxygen atoms in total. The first kappa shape index (κ1) is 16.8. The van der Waals surface area contributed by atoms with Crippen LogP contribution < -0.4 is 5.32 Å². The first-order valence-electron chi connectivity index (χ1n) is 9.40. The molecule has 0 aromatic carbocycles. The fourth-order valence-electron chi connectivity index (χ4n) is 4.02. The molecule has 0 saturated carbocycles. The summed E-state index contributed by atoms with van der Waals surface area (Å²) in [6.45, 7) is 5.62. The lowest BCUT2D eigenvalue weighted by Gasteiger charge is -2.25. The van der Waals surface area contributed by atoms with Gasteiger partial charge in [0.2, 0.25) is 0 Å². The predicted molar refractivity (Wildman–Crippen MR) is 100 cm³/mol. The number of fused-ring (bicyclic) bond motifs is 1. The van der Waals surface area contributed by atoms with E-state index in [-0.39, 0.29) is 5.91 Å². The normalized spacial score (nSPS) is 20.0. The SMILES string of the molecule is CCn1nc(C(=O)N2CCCC2)c2c1CC[C@H](NCc1cccs1)C2. The van der Waals surface area contributed by atoms with Crippen molar-refractivity contribution in [2.24, 2.45) is 0 Å². The van der Waals surface area contributed by atoms with Gasteiger partial charge < -0.3 is 10.2 Å². The Hall–Kier alpha value is -1.66. The average Bonchev–Trinajstić information content (AvgIpc) is 3.39. The number of likely N-dealkylation sites (tertiary alicyclic amines) is 1. The van der Waals surface area contributed by atoms with Crippen LogP contribution in [0.15, 0.2) is 17.5 Å². The number of carbonyl (C=O) groups is 1. The minimum absolute atomic E-state index is 0.139. The van der Waals surface area contributed by atoms with Gasteiger partial charge in [-0.05, 0) is 50.5 Å². The van der Waals surface area contributed by atoms with Crippen LogP contribution in [-0.4, -0.2) is 39.7 Å². The molecule has 2 aromatic heterocycles. The lowest BCUT2D eigenvalue weighted by Crippen LogP contribution is -2.35. The van der Waals surface area contributed by atoms with Crippen molar-refractivity contribution in [2.45, 2.75) is 58.2 Å². The van der Waals surface area contributed by atoms with E-state index in [0.29, 0.717) is 11.7 Å². The molecule has 0 bridgehead atoms. The summed E-state index contributed by atoms with van der Waals surface area (Å²) in [4.78, 5) is 16.3. The van der Waals surface area contributed by atoms with Crippen LogP contribution in [0.25, 0.3) is 0 Å². The molecule has 134 valence electrons. The highest BCUT2D eigenvalue weighted by atomic mass is 32.1. The number of thiophene rings is 1. The van der Waals surface area contributed by atoms with Gasteiger partial charge in [0.1, 0.15) is 0 Å². The molecule has 1 aliphatic heterocycles. The van der Waals surface area contributed by atoms with E-state index in [9.17, 15) is 4.79 Å². The molecular formula is C19H26N4OS. The van der Waals surface area contributed by atoms with Gasteiger partial charge in [0.25, 0.3) is 5.91 Å². The van der Waals surface area contributed by atoms with E-state index in [2.05, 4.69) is 29.8 Å². The zero-order chi connectivity index (χ0) is 17.2. The molecule has 2 aromatic rings. The van der Waals surface area contributed by atoms with Crippen molar-refractivity contribution in [1.82, 2.24) is 20.0 Å². The van der Waals surface area contributed by atoms with Crippen LogP contribution in [0, 0.1) is 0 Å². The Morgan fingerprint density at radius 2 is 2.24 bits per heavy atom. The molecule has 3 heterocycles. The molecule has 4 rings (SSSR count). The highest BCUT2D eigenvalue weighted by Crippen LogP contribution is 2.27. The Kier molecular flexibility index (Phi) is 4.90. The molecule has 1 N–H and O–H groups in total. The van der Waals surface area contributed by atoms with E-state index >= 15 is 0 Å². The number of aromatic nitrogens is 2. The summed E-state index contributed by atoms with van der Waals surface area (Å²) in [5.41, 5.74) is 3.18. The van der Waals surface area contributed by atoms with Gasteiger partial charge in [-0.15, -0.1) is 11.3 Å². The third-order valence-corrected chi connectivity index (χ3v) is 6.26. The van der Waals surface area contributed by atoms with Crippen LogP contribution in [0.2, 0.25) is 0 Å². The maximum Gasteiger partial charge on any atom is 0.274 e. The third kappa shape index (κ3) is 3.37. The standard InChI is InChI=1S/C19H26N4OS/c1-2-23-17-8-7-14(20-13-15-6-5-11-25-15)12-16(17)18(21-23)19(24)22-9-3-4-10-22/h5-6,11,14,20H,2-4,7-10,12-13H2,1H3/t14-/m0/s1. The molecule has 0 spiro atoms. The largest absolute Gasteiger partial charge is 0.337 e. The van der Waals surface area contributed by atoms with E-state index in [1.807, 2.05) is 9.58 Å². The predicted octanol–water partition coefficient (Wildman–Crippen LogP) is 2.85. The molecule has 6 heteroatoms. The second-order valence-corrected chi connectivity index (χ2v) is 8.02. The minimum atomic E-state index is 0.139. The summed E-state index contributed by atoms with van der Waals surface area (Å²) in [6, 6.07) is 4.69. The first-order valence-corrected chi connectivity index (χ1v) is 10.3. The van der Waals surface area contributed by atoms with Crippen molar-refractivity contribution in [3.05, 3.63) is 39.3 Å². The fourth-order valence-corrected chi connectivity index (χ4v) is 4.68. The number of rotatable bonds is 5. The highest BCUT2D eigenvalue weighted by molar-refractivity contribution is 7.09. The highest BCUT2D eigenvalue weighted by Gasteiger charge is 2.31. The lowest BCUT2D eigenvalue weighted by atomic mass is 9.91. The Morgan fingerprint density at radius 3 is 2.96 bits per heavy atom. The van der Waals surface area contributed by atoms with Crippen molar-refractivity contribution in [3.63, 3.8) is 0 Å². The quantitative estimate of drug-likeness (QED) is 0.894. The monoisotopic (exact) mass is 358 g/mol. The van der Waals surface area contributed by atoms with Crippen LogP contribution >= 0.6 is 11.3 Å². The number of hydrogen-bond donors (Lipinski definition) is 1. The van der Waals surface area contributed by atoms with Gasteiger partial charge >= 0.3 is 0 Å². The summed E-state index contributed by atoms with van der Waals surface area (Å²) in [7, 11) is 0. The molecule has 1 fully saturated rings. The van der Waals surface area contributed by atoms with E-state index in [1.54, 1.807) is 11.3 Å². The van der Waals surface area contributed by atoms with Crippen LogP contribution in [0.3, 0.4) is 0 Å². The Labute approximate surface area is 153 Å².